The van der Waals surface area contributed by atoms with Crippen molar-refractivity contribution in [2.24, 2.45) is 4.99 Å². The number of rotatable bonds is 9. The number of amides is 1. The van der Waals surface area contributed by atoms with E-state index in [1.807, 2.05) is 69.2 Å². The van der Waals surface area contributed by atoms with Gasteiger partial charge in [-0.3, -0.25) is 14.8 Å². The van der Waals surface area contributed by atoms with E-state index < -0.39 is 0 Å². The van der Waals surface area contributed by atoms with Crippen molar-refractivity contribution >= 4 is 17.3 Å². The van der Waals surface area contributed by atoms with E-state index >= 15 is 0 Å². The summed E-state index contributed by atoms with van der Waals surface area (Å²) in [5, 5.41) is 3.50. The van der Waals surface area contributed by atoms with Crippen molar-refractivity contribution in [3.05, 3.63) is 85.4 Å². The summed E-state index contributed by atoms with van der Waals surface area (Å²) < 4.78 is 0. The Morgan fingerprint density at radius 3 is 2.45 bits per heavy atom. The lowest BCUT2D eigenvalue weighted by Crippen LogP contribution is -2.38. The summed E-state index contributed by atoms with van der Waals surface area (Å²) in [5.74, 6) is 0.00521. The van der Waals surface area contributed by atoms with E-state index in [1.54, 1.807) is 13.1 Å². The van der Waals surface area contributed by atoms with Gasteiger partial charge in [-0.1, -0.05) is 44.7 Å². The molecule has 1 aliphatic rings. The zero-order chi connectivity index (χ0) is 25.0. The van der Waals surface area contributed by atoms with E-state index in [4.69, 9.17) is 0 Å². The Kier molecular flexibility index (Phi) is 11.3. The molecular weight excluding hydrogens is 408 g/mol. The summed E-state index contributed by atoms with van der Waals surface area (Å²) in [7, 11) is 0. The number of hydrogen-bond donors (Lipinski definition) is 1. The topological polar surface area (TPSA) is 57.6 Å². The van der Waals surface area contributed by atoms with Crippen molar-refractivity contribution in [2.45, 2.75) is 59.4 Å². The van der Waals surface area contributed by atoms with Crippen LogP contribution in [0.25, 0.3) is 0 Å². The highest BCUT2D eigenvalue weighted by Crippen LogP contribution is 2.25. The molecule has 2 rings (SSSR count). The van der Waals surface area contributed by atoms with Crippen LogP contribution in [0.15, 0.2) is 84.7 Å². The monoisotopic (exact) mass is 450 g/mol. The minimum absolute atomic E-state index is 0. The molecule has 1 aliphatic heterocycles. The third kappa shape index (κ3) is 7.41. The molecule has 1 amide bonds. The highest BCUT2D eigenvalue weighted by molar-refractivity contribution is 6.06. The van der Waals surface area contributed by atoms with Crippen LogP contribution in [0.5, 0.6) is 0 Å². The van der Waals surface area contributed by atoms with E-state index in [-0.39, 0.29) is 18.8 Å². The first kappa shape index (κ1) is 27.8. The maximum absolute atomic E-state index is 12.2. The summed E-state index contributed by atoms with van der Waals surface area (Å²) in [6.45, 7) is 24.6. The van der Waals surface area contributed by atoms with Crippen LogP contribution in [0, 0.1) is 0 Å². The second kappa shape index (κ2) is 13.4. The molecule has 0 aromatic carbocycles. The Bertz CT molecular complexity index is 920. The second-order valence-corrected chi connectivity index (χ2v) is 8.00. The Balaban J connectivity index is 0.00000353. The average molecular weight is 451 g/mol. The summed E-state index contributed by atoms with van der Waals surface area (Å²) in [5.41, 5.74) is 4.13. The summed E-state index contributed by atoms with van der Waals surface area (Å²) >= 11 is 0. The Morgan fingerprint density at radius 2 is 2.00 bits per heavy atom. The van der Waals surface area contributed by atoms with Gasteiger partial charge in [0, 0.05) is 31.7 Å². The van der Waals surface area contributed by atoms with Gasteiger partial charge in [0.1, 0.15) is 0 Å². The quantitative estimate of drug-likeness (QED) is 0.266. The van der Waals surface area contributed by atoms with Gasteiger partial charge in [-0.15, -0.1) is 13.2 Å². The first-order valence-corrected chi connectivity index (χ1v) is 11.6. The molecule has 0 bridgehead atoms. The Labute approximate surface area is 201 Å². The molecule has 0 fully saturated rings. The number of anilines is 1. The zero-order valence-electron chi connectivity index (χ0n) is 21.2. The number of allylic oxidation sites excluding steroid dienone is 3. The maximum Gasteiger partial charge on any atom is 0.249 e. The molecule has 1 atom stereocenters. The van der Waals surface area contributed by atoms with Crippen molar-refractivity contribution in [1.82, 2.24) is 9.88 Å². The molecule has 180 valence electrons. The fourth-order valence-corrected chi connectivity index (χ4v) is 3.39. The van der Waals surface area contributed by atoms with Crippen LogP contribution in [-0.4, -0.2) is 40.6 Å². The van der Waals surface area contributed by atoms with Crippen molar-refractivity contribution < 1.29 is 6.22 Å². The van der Waals surface area contributed by atoms with Crippen LogP contribution < -0.4 is 5.32 Å². The summed E-state index contributed by atoms with van der Waals surface area (Å²) in [4.78, 5) is 23.3. The fourth-order valence-electron chi connectivity index (χ4n) is 3.39. The van der Waals surface area contributed by atoms with Crippen molar-refractivity contribution in [3.63, 3.8) is 0 Å². The number of carbonyl (C=O) groups is 1. The third-order valence-corrected chi connectivity index (χ3v) is 5.51. The number of aromatic nitrogens is 1. The zero-order valence-corrected chi connectivity index (χ0v) is 21.2. The molecule has 5 heteroatoms. The van der Waals surface area contributed by atoms with Gasteiger partial charge < -0.3 is 10.2 Å². The number of carbonyl (C=O) groups excluding carboxylic acids is 1. The molecule has 1 aromatic heterocycles. The van der Waals surface area contributed by atoms with Crippen LogP contribution in [0.2, 0.25) is 0 Å². The Hall–Kier alpha value is -3.21. The van der Waals surface area contributed by atoms with Crippen LogP contribution >= 0.6 is 0 Å². The van der Waals surface area contributed by atoms with Crippen LogP contribution in [0.3, 0.4) is 0 Å². The molecular formula is C28H42N4O. The molecule has 0 saturated heterocycles. The van der Waals surface area contributed by atoms with E-state index in [0.717, 1.165) is 29.1 Å². The first-order valence-electron chi connectivity index (χ1n) is 11.6. The van der Waals surface area contributed by atoms with E-state index in [9.17, 15) is 4.79 Å². The lowest BCUT2D eigenvalue weighted by Gasteiger charge is -2.29. The van der Waals surface area contributed by atoms with Crippen LogP contribution in [-0.2, 0) is 10.2 Å². The van der Waals surface area contributed by atoms with Gasteiger partial charge in [0.2, 0.25) is 5.91 Å². The maximum atomic E-state index is 12.2. The molecule has 0 spiro atoms. The van der Waals surface area contributed by atoms with Crippen LogP contribution in [0.1, 0.15) is 55.1 Å². The molecule has 0 aliphatic carbocycles. The van der Waals surface area contributed by atoms with Gasteiger partial charge in [-0.25, -0.2) is 0 Å². The van der Waals surface area contributed by atoms with Gasteiger partial charge in [0.25, 0.3) is 0 Å². The average Bonchev–Trinajstić information content (AvgIpc) is 2.85. The van der Waals surface area contributed by atoms with Gasteiger partial charge in [0.05, 0.1) is 29.3 Å². The van der Waals surface area contributed by atoms with Gasteiger partial charge in [-0.05, 0) is 51.8 Å². The standard InChI is InChI=1S/C26H34N4O.C2H6.H2/c1-8-15-27-24(21-13-16-30(17-14-21)25(31)19(4)5)20(6)29-22-11-12-23(28-18-22)26(7,9-2)10-3;1-2;/h8-13,15,18,20,29H,2-4,14,16-17H2,1,5-7H3;1-2H3;1H/b15-8-,27-24?;;. The first-order chi connectivity index (χ1) is 15.8. The van der Waals surface area contributed by atoms with Crippen molar-refractivity contribution in [2.75, 3.05) is 18.4 Å². The van der Waals surface area contributed by atoms with Crippen molar-refractivity contribution in [1.29, 1.82) is 0 Å². The van der Waals surface area contributed by atoms with Crippen LogP contribution in [0.4, 0.5) is 5.69 Å². The molecule has 1 N–H and O–H groups in total. The van der Waals surface area contributed by atoms with E-state index in [1.165, 1.54) is 0 Å². The molecule has 2 heterocycles. The number of nitrogens with zero attached hydrogens (tertiary/aromatic N) is 3. The molecule has 1 aromatic rings. The molecule has 5 nitrogen and oxygen atoms in total. The smallest absolute Gasteiger partial charge is 0.249 e. The second-order valence-electron chi connectivity index (χ2n) is 8.00. The number of hydrogen-bond acceptors (Lipinski definition) is 4. The SMILES string of the molecule is C=CC(C)(C=C)c1ccc(NC(C)C(=N/C=C\C)C2=CCN(C(=O)C(=C)C)CC2)cn1.CC.[HH]. The van der Waals surface area contributed by atoms with Crippen molar-refractivity contribution in [3.8, 4) is 0 Å². The third-order valence-electron chi connectivity index (χ3n) is 5.51. The fraction of sp³-hybridized carbons (Fsp3) is 0.393. The minimum Gasteiger partial charge on any atom is -0.376 e. The highest BCUT2D eigenvalue weighted by atomic mass is 16.2. The lowest BCUT2D eigenvalue weighted by atomic mass is 9.87. The predicted molar refractivity (Wildman–Crippen MR) is 145 cm³/mol. The minimum atomic E-state index is -0.358. The number of aliphatic imine (C=N–C) groups is 1. The largest absolute Gasteiger partial charge is 0.376 e. The molecule has 33 heavy (non-hydrogen) atoms. The summed E-state index contributed by atoms with van der Waals surface area (Å²) in [6, 6.07) is 3.98. The normalized spacial score (nSPS) is 15.2. The van der Waals surface area contributed by atoms with E-state index in [2.05, 4.69) is 48.0 Å². The lowest BCUT2D eigenvalue weighted by molar-refractivity contribution is -0.126. The molecule has 0 saturated carbocycles. The number of nitrogens with one attached hydrogen (secondary N) is 1. The molecule has 1 unspecified atom stereocenters. The van der Waals surface area contributed by atoms with Gasteiger partial charge in [0.15, 0.2) is 0 Å². The predicted octanol–water partition coefficient (Wildman–Crippen LogP) is 6.49. The summed E-state index contributed by atoms with van der Waals surface area (Å²) in [6.07, 6.45) is 12.1. The van der Waals surface area contributed by atoms with Gasteiger partial charge in [-0.2, -0.15) is 0 Å². The van der Waals surface area contributed by atoms with Gasteiger partial charge >= 0.3 is 0 Å². The highest BCUT2D eigenvalue weighted by Gasteiger charge is 2.23. The number of pyridine rings is 1. The van der Waals surface area contributed by atoms with E-state index in [0.29, 0.717) is 18.7 Å². The molecule has 0 radical (unpaired) electrons. The Morgan fingerprint density at radius 1 is 1.33 bits per heavy atom.